The first kappa shape index (κ1) is 21.2. The number of nitrogens with one attached hydrogen (secondary N) is 1. The molecule has 1 aliphatic rings. The number of nitrogens with zero attached hydrogens (tertiary/aromatic N) is 4. The first-order valence-electron chi connectivity index (χ1n) is 9.40. The maximum Gasteiger partial charge on any atom is 0.338 e. The lowest BCUT2D eigenvalue weighted by molar-refractivity contribution is -0.907. The van der Waals surface area contributed by atoms with Crippen molar-refractivity contribution in [1.29, 1.82) is 0 Å². The van der Waals surface area contributed by atoms with Gasteiger partial charge < -0.3 is 19.3 Å². The van der Waals surface area contributed by atoms with Crippen LogP contribution in [0.3, 0.4) is 0 Å². The third-order valence-corrected chi connectivity index (χ3v) is 5.19. The molecule has 3 heterocycles. The van der Waals surface area contributed by atoms with Crippen molar-refractivity contribution in [2.24, 2.45) is 7.05 Å². The highest BCUT2D eigenvalue weighted by Crippen LogP contribution is 2.18. The summed E-state index contributed by atoms with van der Waals surface area (Å²) in [5.41, 5.74) is 0.981. The fourth-order valence-electron chi connectivity index (χ4n) is 3.27. The summed E-state index contributed by atoms with van der Waals surface area (Å²) in [7, 11) is 3.06. The van der Waals surface area contributed by atoms with Crippen LogP contribution < -0.4 is 4.90 Å². The number of halogens is 1. The lowest BCUT2D eigenvalue weighted by Crippen LogP contribution is -3.14. The molecule has 0 spiro atoms. The number of hydrogen-bond acceptors (Lipinski definition) is 6. The zero-order chi connectivity index (χ0) is 20.8. The second-order valence-electron chi connectivity index (χ2n) is 6.85. The predicted octanol–water partition coefficient (Wildman–Crippen LogP) is -0.187. The fraction of sp³-hybridized carbons (Fsp3) is 0.474. The van der Waals surface area contributed by atoms with E-state index < -0.39 is 5.97 Å². The largest absolute Gasteiger partial charge is 0.465 e. The topological polar surface area (TPSA) is 91.0 Å². The van der Waals surface area contributed by atoms with E-state index in [9.17, 15) is 9.59 Å². The number of esters is 1. The normalized spacial score (nSPS) is 14.6. The van der Waals surface area contributed by atoms with E-state index in [1.807, 2.05) is 0 Å². The Labute approximate surface area is 174 Å². The van der Waals surface area contributed by atoms with E-state index in [-0.39, 0.29) is 23.6 Å². The molecule has 1 aliphatic heterocycles. The average Bonchev–Trinajstić information content (AvgIpc) is 3.07. The molecular formula is C19H25ClN5O4+. The van der Waals surface area contributed by atoms with Crippen molar-refractivity contribution in [3.05, 3.63) is 46.5 Å². The molecule has 0 radical (unpaired) electrons. The molecule has 1 amide bonds. The SMILES string of the molecule is COC(=O)c1ccncc1C(=O)N(CC[NH+]1CCOCC1)Cc1nn(C)cc1Cl. The van der Waals surface area contributed by atoms with Crippen molar-refractivity contribution in [2.45, 2.75) is 6.54 Å². The van der Waals surface area contributed by atoms with Gasteiger partial charge in [-0.25, -0.2) is 4.79 Å². The van der Waals surface area contributed by atoms with Crippen LogP contribution in [-0.4, -0.2) is 78.0 Å². The van der Waals surface area contributed by atoms with E-state index in [1.54, 1.807) is 22.8 Å². The average molecular weight is 423 g/mol. The summed E-state index contributed by atoms with van der Waals surface area (Å²) in [6.45, 7) is 4.69. The van der Waals surface area contributed by atoms with E-state index >= 15 is 0 Å². The Balaban J connectivity index is 1.84. The molecular weight excluding hydrogens is 398 g/mol. The second kappa shape index (κ2) is 9.82. The lowest BCUT2D eigenvalue weighted by Gasteiger charge is -2.28. The van der Waals surface area contributed by atoms with Gasteiger partial charge in [0.1, 0.15) is 18.8 Å². The third-order valence-electron chi connectivity index (χ3n) is 4.87. The standard InChI is InChI=1S/C19H24ClN5O4/c1-23-12-16(20)17(22-23)13-25(6-5-24-7-9-29-10-8-24)18(26)15-11-21-4-3-14(15)19(27)28-2/h3-4,11-12H,5-10,13H2,1-2H3/p+1. The number of morpholine rings is 1. The molecule has 156 valence electrons. The number of carbonyl (C=O) groups excluding carboxylic acids is 2. The van der Waals surface area contributed by atoms with Gasteiger partial charge in [0.15, 0.2) is 0 Å². The molecule has 1 saturated heterocycles. The summed E-state index contributed by atoms with van der Waals surface area (Å²) in [5.74, 6) is -0.891. The predicted molar refractivity (Wildman–Crippen MR) is 105 cm³/mol. The Hall–Kier alpha value is -2.49. The number of carbonyl (C=O) groups is 2. The smallest absolute Gasteiger partial charge is 0.338 e. The van der Waals surface area contributed by atoms with Crippen LogP contribution >= 0.6 is 11.6 Å². The van der Waals surface area contributed by atoms with Gasteiger partial charge >= 0.3 is 5.97 Å². The van der Waals surface area contributed by atoms with Crippen molar-refractivity contribution < 1.29 is 24.0 Å². The Morgan fingerprint density at radius 1 is 1.34 bits per heavy atom. The molecule has 3 rings (SSSR count). The number of aromatic nitrogens is 3. The third kappa shape index (κ3) is 5.31. The van der Waals surface area contributed by atoms with Crippen LogP contribution in [0.4, 0.5) is 0 Å². The first-order chi connectivity index (χ1) is 14.0. The van der Waals surface area contributed by atoms with Gasteiger partial charge in [-0.2, -0.15) is 5.10 Å². The highest BCUT2D eigenvalue weighted by molar-refractivity contribution is 6.31. The van der Waals surface area contributed by atoms with Crippen LogP contribution in [0.1, 0.15) is 26.4 Å². The highest BCUT2D eigenvalue weighted by atomic mass is 35.5. The van der Waals surface area contributed by atoms with E-state index in [4.69, 9.17) is 21.1 Å². The summed E-state index contributed by atoms with van der Waals surface area (Å²) < 4.78 is 11.8. The molecule has 1 fully saturated rings. The minimum Gasteiger partial charge on any atom is -0.465 e. The van der Waals surface area contributed by atoms with Gasteiger partial charge in [0.25, 0.3) is 5.91 Å². The molecule has 0 atom stereocenters. The first-order valence-corrected chi connectivity index (χ1v) is 9.78. The number of ether oxygens (including phenoxy) is 2. The van der Waals surface area contributed by atoms with Crippen molar-refractivity contribution in [3.63, 3.8) is 0 Å². The highest BCUT2D eigenvalue weighted by Gasteiger charge is 2.26. The molecule has 0 unspecified atom stereocenters. The van der Waals surface area contributed by atoms with Crippen LogP contribution in [-0.2, 0) is 23.1 Å². The Morgan fingerprint density at radius 3 is 2.76 bits per heavy atom. The van der Waals surface area contributed by atoms with Crippen LogP contribution in [0.25, 0.3) is 0 Å². The molecule has 10 heteroatoms. The molecule has 0 aromatic carbocycles. The van der Waals surface area contributed by atoms with Gasteiger partial charge in [0.05, 0.1) is 56.1 Å². The van der Waals surface area contributed by atoms with E-state index in [1.165, 1.54) is 30.5 Å². The molecule has 2 aromatic heterocycles. The van der Waals surface area contributed by atoms with Gasteiger partial charge in [-0.1, -0.05) is 11.6 Å². The van der Waals surface area contributed by atoms with Crippen molar-refractivity contribution in [2.75, 3.05) is 46.5 Å². The van der Waals surface area contributed by atoms with Gasteiger partial charge in [-0.15, -0.1) is 0 Å². The molecule has 2 aromatic rings. The maximum absolute atomic E-state index is 13.3. The van der Waals surface area contributed by atoms with Crippen LogP contribution in [0, 0.1) is 0 Å². The minimum atomic E-state index is -0.578. The number of quaternary nitrogens is 1. The van der Waals surface area contributed by atoms with Gasteiger partial charge in [0.2, 0.25) is 0 Å². The Bertz CT molecular complexity index is 866. The molecule has 0 aliphatic carbocycles. The molecule has 0 bridgehead atoms. The number of amides is 1. The van der Waals surface area contributed by atoms with E-state index in [2.05, 4.69) is 10.1 Å². The monoisotopic (exact) mass is 422 g/mol. The van der Waals surface area contributed by atoms with Crippen molar-refractivity contribution in [1.82, 2.24) is 19.7 Å². The lowest BCUT2D eigenvalue weighted by atomic mass is 10.1. The van der Waals surface area contributed by atoms with Crippen LogP contribution in [0.15, 0.2) is 24.7 Å². The molecule has 9 nitrogen and oxygen atoms in total. The van der Waals surface area contributed by atoms with Crippen LogP contribution in [0.5, 0.6) is 0 Å². The van der Waals surface area contributed by atoms with Crippen molar-refractivity contribution in [3.8, 4) is 0 Å². The molecule has 0 saturated carbocycles. The Kier molecular flexibility index (Phi) is 7.18. The zero-order valence-electron chi connectivity index (χ0n) is 16.6. The van der Waals surface area contributed by atoms with E-state index in [0.717, 1.165) is 19.6 Å². The fourth-order valence-corrected chi connectivity index (χ4v) is 3.51. The number of aryl methyl sites for hydroxylation is 1. The van der Waals surface area contributed by atoms with Crippen LogP contribution in [0.2, 0.25) is 5.02 Å². The number of rotatable bonds is 7. The van der Waals surface area contributed by atoms with Crippen molar-refractivity contribution >= 4 is 23.5 Å². The number of pyridine rings is 1. The quantitative estimate of drug-likeness (QED) is 0.622. The van der Waals surface area contributed by atoms with Gasteiger partial charge in [0, 0.05) is 25.6 Å². The van der Waals surface area contributed by atoms with E-state index in [0.29, 0.717) is 30.5 Å². The summed E-state index contributed by atoms with van der Waals surface area (Å²) in [6, 6.07) is 1.48. The summed E-state index contributed by atoms with van der Waals surface area (Å²) in [4.78, 5) is 32.5. The zero-order valence-corrected chi connectivity index (χ0v) is 17.3. The van der Waals surface area contributed by atoms with Gasteiger partial charge in [-0.3, -0.25) is 14.5 Å². The summed E-state index contributed by atoms with van der Waals surface area (Å²) in [6.07, 6.45) is 4.54. The summed E-state index contributed by atoms with van der Waals surface area (Å²) >= 11 is 6.26. The molecule has 29 heavy (non-hydrogen) atoms. The minimum absolute atomic E-state index is 0.184. The number of methoxy groups -OCH3 is 1. The second-order valence-corrected chi connectivity index (χ2v) is 7.26. The Morgan fingerprint density at radius 2 is 2.10 bits per heavy atom. The maximum atomic E-state index is 13.3. The van der Waals surface area contributed by atoms with Gasteiger partial charge in [-0.05, 0) is 6.07 Å². The number of hydrogen-bond donors (Lipinski definition) is 1. The molecule has 1 N–H and O–H groups in total. The summed E-state index contributed by atoms with van der Waals surface area (Å²) in [5, 5.41) is 4.84.